The molecule has 0 aliphatic carbocycles. The van der Waals surface area contributed by atoms with E-state index in [1.165, 1.54) is 54.7 Å². The second kappa shape index (κ2) is 10.9. The van der Waals surface area contributed by atoms with Crippen molar-refractivity contribution in [3.63, 3.8) is 0 Å². The minimum absolute atomic E-state index is 0.133. The van der Waals surface area contributed by atoms with Gasteiger partial charge in [0.1, 0.15) is 23.0 Å². The van der Waals surface area contributed by atoms with E-state index in [1.807, 2.05) is 0 Å². The molecule has 5 heteroatoms. The summed E-state index contributed by atoms with van der Waals surface area (Å²) < 4.78 is 14.2. The molecular formula is C51H31BN2O2. The molecule has 0 radical (unpaired) electrons. The van der Waals surface area contributed by atoms with Crippen molar-refractivity contribution >= 4 is 78.8 Å². The van der Waals surface area contributed by atoms with Crippen LogP contribution >= 0.6 is 0 Å². The van der Waals surface area contributed by atoms with Crippen molar-refractivity contribution in [2.45, 2.75) is 6.92 Å². The first-order chi connectivity index (χ1) is 27.7. The maximum atomic E-state index is 7.11. The highest BCUT2D eigenvalue weighted by atomic mass is 16.5. The fourth-order valence-electron chi connectivity index (χ4n) is 10.1. The van der Waals surface area contributed by atoms with Crippen molar-refractivity contribution in [3.8, 4) is 45.3 Å². The van der Waals surface area contributed by atoms with E-state index in [2.05, 4.69) is 187 Å². The van der Waals surface area contributed by atoms with Crippen LogP contribution in [-0.2, 0) is 0 Å². The molecule has 0 unspecified atom stereocenters. The quantitative estimate of drug-likeness (QED) is 0.167. The molecule has 13 rings (SSSR count). The molecule has 9 aromatic carbocycles. The summed E-state index contributed by atoms with van der Waals surface area (Å²) >= 11 is 0. The minimum atomic E-state index is -0.133. The Labute approximate surface area is 324 Å². The summed E-state index contributed by atoms with van der Waals surface area (Å²) in [5, 5.41) is 4.85. The molecule has 0 fully saturated rings. The Morgan fingerprint density at radius 1 is 0.375 bits per heavy atom. The highest BCUT2D eigenvalue weighted by Gasteiger charge is 2.45. The van der Waals surface area contributed by atoms with E-state index in [9.17, 15) is 0 Å². The van der Waals surface area contributed by atoms with Gasteiger partial charge < -0.3 is 19.3 Å². The third-order valence-corrected chi connectivity index (χ3v) is 12.2. The molecule has 0 aromatic heterocycles. The lowest BCUT2D eigenvalue weighted by Gasteiger charge is -2.39. The Hall–Kier alpha value is -7.24. The third-order valence-electron chi connectivity index (χ3n) is 12.2. The fourth-order valence-corrected chi connectivity index (χ4v) is 10.1. The van der Waals surface area contributed by atoms with E-state index in [-0.39, 0.29) is 6.71 Å². The van der Waals surface area contributed by atoms with Crippen molar-refractivity contribution in [2.75, 3.05) is 9.80 Å². The molecule has 4 aliphatic heterocycles. The maximum absolute atomic E-state index is 7.11. The lowest BCUT2D eigenvalue weighted by atomic mass is 9.33. The number of fused-ring (bicyclic) bond motifs is 10. The van der Waals surface area contributed by atoms with Crippen molar-refractivity contribution in [1.29, 1.82) is 0 Å². The van der Waals surface area contributed by atoms with E-state index >= 15 is 0 Å². The van der Waals surface area contributed by atoms with Crippen LogP contribution in [0.25, 0.3) is 43.8 Å². The van der Waals surface area contributed by atoms with Gasteiger partial charge in [-0.25, -0.2) is 0 Å². The van der Waals surface area contributed by atoms with E-state index in [0.717, 1.165) is 68.1 Å². The molecule has 0 saturated heterocycles. The van der Waals surface area contributed by atoms with E-state index in [0.29, 0.717) is 0 Å². The number of para-hydroxylation sites is 4. The molecule has 4 aliphatic rings. The molecule has 0 atom stereocenters. The van der Waals surface area contributed by atoms with Gasteiger partial charge in [-0.05, 0) is 93.8 Å². The fraction of sp³-hybridized carbons (Fsp3) is 0.0196. The van der Waals surface area contributed by atoms with E-state index < -0.39 is 0 Å². The number of hydrogen-bond acceptors (Lipinski definition) is 4. The van der Waals surface area contributed by atoms with Crippen LogP contribution in [0.1, 0.15) is 5.56 Å². The van der Waals surface area contributed by atoms with Gasteiger partial charge in [0.2, 0.25) is 0 Å². The first-order valence-corrected chi connectivity index (χ1v) is 19.3. The van der Waals surface area contributed by atoms with Crippen LogP contribution in [-0.4, -0.2) is 6.71 Å². The smallest absolute Gasteiger partial charge is 0.262 e. The Bertz CT molecular complexity index is 2970. The molecule has 0 saturated carbocycles. The lowest BCUT2D eigenvalue weighted by molar-refractivity contribution is 0.464. The normalized spacial score (nSPS) is 13.6. The summed E-state index contributed by atoms with van der Waals surface area (Å²) in [6.45, 7) is 1.99. The first-order valence-electron chi connectivity index (χ1n) is 19.3. The molecule has 0 N–H and O–H groups in total. The number of anilines is 6. The van der Waals surface area contributed by atoms with Crippen LogP contribution in [0.5, 0.6) is 23.0 Å². The third kappa shape index (κ3) is 3.89. The minimum Gasteiger partial charge on any atom is -0.458 e. The number of nitrogens with zero attached hydrogens (tertiary/aromatic N) is 2. The Morgan fingerprint density at radius 2 is 0.786 bits per heavy atom. The molecule has 56 heavy (non-hydrogen) atoms. The van der Waals surface area contributed by atoms with Gasteiger partial charge in [0.15, 0.2) is 0 Å². The van der Waals surface area contributed by atoms with Gasteiger partial charge in [-0.3, -0.25) is 0 Å². The van der Waals surface area contributed by atoms with Crippen LogP contribution < -0.4 is 35.7 Å². The number of rotatable bonds is 2. The van der Waals surface area contributed by atoms with Crippen molar-refractivity contribution in [3.05, 3.63) is 175 Å². The van der Waals surface area contributed by atoms with Crippen LogP contribution in [0.4, 0.5) is 34.1 Å². The highest BCUT2D eigenvalue weighted by Crippen LogP contribution is 2.55. The zero-order valence-electron chi connectivity index (χ0n) is 30.5. The average Bonchev–Trinajstić information content (AvgIpc) is 3.24. The van der Waals surface area contributed by atoms with Crippen molar-refractivity contribution in [1.82, 2.24) is 0 Å². The molecule has 0 bridgehead atoms. The molecule has 4 heterocycles. The first kappa shape index (κ1) is 30.1. The molecule has 0 amide bonds. The summed E-state index contributed by atoms with van der Waals surface area (Å²) in [6.07, 6.45) is 0. The summed E-state index contributed by atoms with van der Waals surface area (Å²) in [6, 6.07) is 61.5. The maximum Gasteiger partial charge on any atom is 0.262 e. The largest absolute Gasteiger partial charge is 0.458 e. The molecular weight excluding hydrogens is 683 g/mol. The van der Waals surface area contributed by atoms with Crippen LogP contribution in [0.15, 0.2) is 170 Å². The average molecular weight is 715 g/mol. The monoisotopic (exact) mass is 714 g/mol. The predicted molar refractivity (Wildman–Crippen MR) is 231 cm³/mol. The second-order valence-electron chi connectivity index (χ2n) is 15.3. The Kier molecular flexibility index (Phi) is 5.88. The molecule has 0 spiro atoms. The molecule has 260 valence electrons. The van der Waals surface area contributed by atoms with Gasteiger partial charge in [0.25, 0.3) is 6.71 Å². The van der Waals surface area contributed by atoms with Crippen molar-refractivity contribution < 1.29 is 9.47 Å². The summed E-state index contributed by atoms with van der Waals surface area (Å²) in [5.41, 5.74) is 16.2. The van der Waals surface area contributed by atoms with Crippen LogP contribution in [0.2, 0.25) is 0 Å². The number of benzene rings is 9. The predicted octanol–water partition coefficient (Wildman–Crippen LogP) is 11.9. The van der Waals surface area contributed by atoms with Gasteiger partial charge >= 0.3 is 0 Å². The molecule has 9 aromatic rings. The van der Waals surface area contributed by atoms with Gasteiger partial charge in [-0.2, -0.15) is 0 Å². The van der Waals surface area contributed by atoms with Gasteiger partial charge in [0, 0.05) is 50.9 Å². The Balaban J connectivity index is 1.15. The zero-order chi connectivity index (χ0) is 36.6. The topological polar surface area (TPSA) is 24.9 Å². The summed E-state index contributed by atoms with van der Waals surface area (Å²) in [5.74, 6) is 3.46. The molecule has 4 nitrogen and oxygen atoms in total. The van der Waals surface area contributed by atoms with Crippen molar-refractivity contribution in [2.24, 2.45) is 0 Å². The number of ether oxygens (including phenoxy) is 2. The SMILES string of the molecule is Cc1cc2c3c(c1)Oc1cc4c5c(cccc5c1B3c1c(cc3c5c(cccc15)-c1ccccc1N3c1ccccc1)O2)-c1ccccc1N4c1ccccc1. The summed E-state index contributed by atoms with van der Waals surface area (Å²) in [4.78, 5) is 4.80. The van der Waals surface area contributed by atoms with Crippen LogP contribution in [0, 0.1) is 6.92 Å². The Morgan fingerprint density at radius 3 is 1.27 bits per heavy atom. The standard InChI is InChI=1S/C51H31BN2O2/c1-30-26-43-51-44(27-30)56-46-29-42-48-36(34-19-9-11-25-40(34)54(42)32-16-6-3-7-17-32)21-13-23-38(48)50(46)52(51)49-37-22-12-20-35-33-18-8-10-24-39(33)53(31-14-4-2-5-15-31)41(47(35)37)28-45(49)55-43/h2-29H,1H3. The van der Waals surface area contributed by atoms with Gasteiger partial charge in [-0.1, -0.05) is 109 Å². The number of aryl methyl sites for hydroxylation is 1. The lowest BCUT2D eigenvalue weighted by Crippen LogP contribution is -2.58. The number of hydrogen-bond donors (Lipinski definition) is 0. The summed E-state index contributed by atoms with van der Waals surface area (Å²) in [7, 11) is 0. The van der Waals surface area contributed by atoms with Gasteiger partial charge in [0.05, 0.1) is 22.7 Å². The second-order valence-corrected chi connectivity index (χ2v) is 15.3. The highest BCUT2D eigenvalue weighted by molar-refractivity contribution is 7.01. The van der Waals surface area contributed by atoms with E-state index in [4.69, 9.17) is 9.47 Å². The van der Waals surface area contributed by atoms with Gasteiger partial charge in [-0.15, -0.1) is 0 Å². The zero-order valence-corrected chi connectivity index (χ0v) is 30.5. The van der Waals surface area contributed by atoms with E-state index in [1.54, 1.807) is 0 Å². The van der Waals surface area contributed by atoms with Crippen LogP contribution in [0.3, 0.4) is 0 Å².